The molecule has 0 aliphatic heterocycles. The van der Waals surface area contributed by atoms with Crippen LogP contribution in [0.3, 0.4) is 0 Å². The fraction of sp³-hybridized carbons (Fsp3) is 0.250. The van der Waals surface area contributed by atoms with Gasteiger partial charge in [0.25, 0.3) is 5.91 Å². The minimum absolute atomic E-state index is 0.235. The summed E-state index contributed by atoms with van der Waals surface area (Å²) in [6.07, 6.45) is 5.07. The molecule has 0 bridgehead atoms. The van der Waals surface area contributed by atoms with E-state index < -0.39 is 16.4 Å². The molecule has 3 heterocycles. The van der Waals surface area contributed by atoms with Crippen LogP contribution in [0, 0.1) is 0 Å². The normalized spacial score (nSPS) is 12.9. The summed E-state index contributed by atoms with van der Waals surface area (Å²) in [5.41, 5.74) is 1.24. The van der Waals surface area contributed by atoms with Gasteiger partial charge in [0.2, 0.25) is 5.95 Å². The van der Waals surface area contributed by atoms with Gasteiger partial charge in [-0.1, -0.05) is 0 Å². The van der Waals surface area contributed by atoms with E-state index in [0.717, 1.165) is 16.0 Å². The van der Waals surface area contributed by atoms with Crippen LogP contribution in [0.2, 0.25) is 0 Å². The first kappa shape index (κ1) is 20.5. The number of anilines is 1. The molecule has 1 aromatic carbocycles. The molecule has 0 radical (unpaired) electrons. The molecule has 0 saturated heterocycles. The highest BCUT2D eigenvalue weighted by Gasteiger charge is 2.22. The van der Waals surface area contributed by atoms with Crippen molar-refractivity contribution in [1.82, 2.24) is 19.7 Å². The maximum absolute atomic E-state index is 12.9. The van der Waals surface area contributed by atoms with Gasteiger partial charge >= 0.3 is 0 Å². The van der Waals surface area contributed by atoms with Gasteiger partial charge in [0.05, 0.1) is 34.3 Å². The quantitative estimate of drug-likeness (QED) is 0.423. The van der Waals surface area contributed by atoms with Crippen LogP contribution in [0.1, 0.15) is 23.5 Å². The van der Waals surface area contributed by atoms with Crippen molar-refractivity contribution in [3.8, 4) is 10.4 Å². The van der Waals surface area contributed by atoms with Crippen molar-refractivity contribution in [1.29, 1.82) is 0 Å². The minimum atomic E-state index is -1.15. The number of rotatable bonds is 6. The molecule has 156 valence electrons. The van der Waals surface area contributed by atoms with E-state index in [1.165, 1.54) is 11.3 Å². The predicted octanol–water partition coefficient (Wildman–Crippen LogP) is 3.25. The molecule has 3 N–H and O–H groups in total. The molecule has 4 aromatic rings. The summed E-state index contributed by atoms with van der Waals surface area (Å²) in [7, 11) is -1.15. The van der Waals surface area contributed by atoms with Crippen LogP contribution in [-0.2, 0) is 17.3 Å². The monoisotopic (exact) mass is 443 g/mol. The second-order valence-electron chi connectivity index (χ2n) is 7.54. The van der Waals surface area contributed by atoms with Crippen LogP contribution < -0.4 is 5.32 Å². The van der Waals surface area contributed by atoms with Crippen molar-refractivity contribution < 1.29 is 14.1 Å². The summed E-state index contributed by atoms with van der Waals surface area (Å²) < 4.78 is 13.6. The standard InChI is InChI=1S/C20H21N5O3S2/c1-20(2,27)11-25-15-5-4-13(30(3)28)8-14(15)23-19(25)24-18(26)17-7-6-16(29-17)12-9-21-22-10-12/h4-10,27H,11H2,1-3H3,(H,21,22)(H,23,24,26). The Morgan fingerprint density at radius 1 is 1.33 bits per heavy atom. The van der Waals surface area contributed by atoms with E-state index in [1.807, 2.05) is 12.1 Å². The zero-order valence-electron chi connectivity index (χ0n) is 16.7. The first-order chi connectivity index (χ1) is 14.2. The van der Waals surface area contributed by atoms with Gasteiger partial charge < -0.3 is 9.67 Å². The highest BCUT2D eigenvalue weighted by atomic mass is 32.2. The number of benzene rings is 1. The number of thiophene rings is 1. The molecule has 0 fully saturated rings. The van der Waals surface area contributed by atoms with Crippen LogP contribution in [-0.4, -0.2) is 46.8 Å². The first-order valence-corrected chi connectivity index (χ1v) is 11.6. The number of aliphatic hydroxyl groups is 1. The third kappa shape index (κ3) is 4.20. The second-order valence-corrected chi connectivity index (χ2v) is 10.0. The zero-order valence-corrected chi connectivity index (χ0v) is 18.3. The molecule has 0 saturated carbocycles. The Labute approximate surface area is 179 Å². The maximum atomic E-state index is 12.9. The molecule has 1 unspecified atom stereocenters. The molecule has 0 aliphatic rings. The lowest BCUT2D eigenvalue weighted by molar-refractivity contribution is 0.0630. The number of hydrogen-bond acceptors (Lipinski definition) is 6. The molecule has 1 atom stereocenters. The highest BCUT2D eigenvalue weighted by Crippen LogP contribution is 2.29. The minimum Gasteiger partial charge on any atom is -0.389 e. The van der Waals surface area contributed by atoms with E-state index in [1.54, 1.807) is 55.3 Å². The molecule has 1 amide bonds. The second kappa shape index (κ2) is 7.78. The van der Waals surface area contributed by atoms with Crippen molar-refractivity contribution in [2.45, 2.75) is 30.9 Å². The summed E-state index contributed by atoms with van der Waals surface area (Å²) in [5, 5.41) is 19.9. The SMILES string of the molecule is CS(=O)c1ccc2c(c1)nc(NC(=O)c1ccc(-c3cn[nH]c3)s1)n2CC(C)(C)O. The molecule has 3 aromatic heterocycles. The average molecular weight is 444 g/mol. The number of aromatic amines is 1. The summed E-state index contributed by atoms with van der Waals surface area (Å²) in [6, 6.07) is 8.94. The van der Waals surface area contributed by atoms with Gasteiger partial charge in [0, 0.05) is 38.6 Å². The number of aromatic nitrogens is 4. The van der Waals surface area contributed by atoms with Gasteiger partial charge in [-0.15, -0.1) is 11.3 Å². The number of imidazole rings is 1. The number of hydrogen-bond donors (Lipinski definition) is 3. The molecular weight excluding hydrogens is 422 g/mol. The Bertz CT molecular complexity index is 1240. The van der Waals surface area contributed by atoms with Gasteiger partial charge in [-0.2, -0.15) is 5.10 Å². The molecule has 0 aliphatic carbocycles. The van der Waals surface area contributed by atoms with Crippen LogP contribution in [0.4, 0.5) is 5.95 Å². The average Bonchev–Trinajstić information content (AvgIpc) is 3.40. The van der Waals surface area contributed by atoms with Crippen LogP contribution in [0.15, 0.2) is 47.6 Å². The van der Waals surface area contributed by atoms with Gasteiger partial charge in [-0.05, 0) is 44.2 Å². The summed E-state index contributed by atoms with van der Waals surface area (Å²) in [5.74, 6) is 0.0377. The predicted molar refractivity (Wildman–Crippen MR) is 118 cm³/mol. The number of fused-ring (bicyclic) bond motifs is 1. The first-order valence-electron chi connectivity index (χ1n) is 9.18. The van der Waals surface area contributed by atoms with Gasteiger partial charge in [-0.3, -0.25) is 19.4 Å². The number of nitrogens with one attached hydrogen (secondary N) is 2. The number of amides is 1. The third-order valence-corrected chi connectivity index (χ3v) is 6.49. The maximum Gasteiger partial charge on any atom is 0.268 e. The van der Waals surface area contributed by atoms with E-state index in [0.29, 0.717) is 21.2 Å². The van der Waals surface area contributed by atoms with Crippen molar-refractivity contribution in [2.75, 3.05) is 11.6 Å². The topological polar surface area (TPSA) is 113 Å². The van der Waals surface area contributed by atoms with E-state index in [2.05, 4.69) is 20.5 Å². The Hall–Kier alpha value is -2.82. The summed E-state index contributed by atoms with van der Waals surface area (Å²) >= 11 is 1.35. The van der Waals surface area contributed by atoms with Crippen LogP contribution in [0.25, 0.3) is 21.5 Å². The van der Waals surface area contributed by atoms with Crippen LogP contribution in [0.5, 0.6) is 0 Å². The zero-order chi connectivity index (χ0) is 21.5. The third-order valence-electron chi connectivity index (χ3n) is 4.43. The van der Waals surface area contributed by atoms with E-state index >= 15 is 0 Å². The van der Waals surface area contributed by atoms with Gasteiger partial charge in [0.1, 0.15) is 0 Å². The largest absolute Gasteiger partial charge is 0.389 e. The lowest BCUT2D eigenvalue weighted by Crippen LogP contribution is -2.27. The molecule has 8 nitrogen and oxygen atoms in total. The van der Waals surface area contributed by atoms with Crippen molar-refractivity contribution in [3.05, 3.63) is 47.6 Å². The Morgan fingerprint density at radius 3 is 2.80 bits per heavy atom. The molecule has 30 heavy (non-hydrogen) atoms. The molecule has 4 rings (SSSR count). The number of H-pyrrole nitrogens is 1. The van der Waals surface area contributed by atoms with Gasteiger partial charge in [-0.25, -0.2) is 4.98 Å². The van der Waals surface area contributed by atoms with E-state index in [4.69, 9.17) is 0 Å². The lowest BCUT2D eigenvalue weighted by Gasteiger charge is -2.20. The Morgan fingerprint density at radius 2 is 2.13 bits per heavy atom. The smallest absolute Gasteiger partial charge is 0.268 e. The van der Waals surface area contributed by atoms with Gasteiger partial charge in [0.15, 0.2) is 0 Å². The molecule has 10 heteroatoms. The van der Waals surface area contributed by atoms with Crippen molar-refractivity contribution in [2.24, 2.45) is 0 Å². The van der Waals surface area contributed by atoms with E-state index in [9.17, 15) is 14.1 Å². The fourth-order valence-corrected chi connectivity index (χ4v) is 4.51. The van der Waals surface area contributed by atoms with Crippen LogP contribution >= 0.6 is 11.3 Å². The summed E-state index contributed by atoms with van der Waals surface area (Å²) in [6.45, 7) is 3.62. The molecule has 0 spiro atoms. The Balaban J connectivity index is 1.69. The Kier molecular flexibility index (Phi) is 5.31. The fourth-order valence-electron chi connectivity index (χ4n) is 3.09. The van der Waals surface area contributed by atoms with Crippen molar-refractivity contribution >= 4 is 45.0 Å². The highest BCUT2D eigenvalue weighted by molar-refractivity contribution is 7.84. The lowest BCUT2D eigenvalue weighted by atomic mass is 10.1. The number of carbonyl (C=O) groups excluding carboxylic acids is 1. The number of nitrogens with zero attached hydrogens (tertiary/aromatic N) is 3. The van der Waals surface area contributed by atoms with Crippen molar-refractivity contribution in [3.63, 3.8) is 0 Å². The number of carbonyl (C=O) groups is 1. The van der Waals surface area contributed by atoms with E-state index in [-0.39, 0.29) is 12.5 Å². The summed E-state index contributed by atoms with van der Waals surface area (Å²) in [4.78, 5) is 19.5. The molecular formula is C20H21N5O3S2.